The molecule has 5 nitrogen and oxygen atoms in total. The van der Waals surface area contributed by atoms with Gasteiger partial charge in [-0.2, -0.15) is 4.80 Å². The van der Waals surface area contributed by atoms with Gasteiger partial charge in [0.25, 0.3) is 0 Å². The SMILES string of the molecule is Cn1nnc(-c2ccc(-c3n[c-]cs3)cc2)n1.[Li+]. The predicted molar refractivity (Wildman–Crippen MR) is 64.2 cm³/mol. The average molecular weight is 249 g/mol. The molecule has 0 N–H and O–H groups in total. The molecular weight excluding hydrogens is 241 g/mol. The molecule has 0 saturated carbocycles. The van der Waals surface area contributed by atoms with Crippen LogP contribution in [0.3, 0.4) is 0 Å². The van der Waals surface area contributed by atoms with Gasteiger partial charge in [-0.25, -0.2) is 11.3 Å². The van der Waals surface area contributed by atoms with Crippen molar-refractivity contribution in [3.63, 3.8) is 0 Å². The van der Waals surface area contributed by atoms with Crippen LogP contribution in [0.15, 0.2) is 29.6 Å². The number of benzene rings is 1. The second-order valence-electron chi connectivity index (χ2n) is 3.46. The summed E-state index contributed by atoms with van der Waals surface area (Å²) in [5.74, 6) is 0.629. The van der Waals surface area contributed by atoms with E-state index in [-0.39, 0.29) is 18.9 Å². The smallest absolute Gasteiger partial charge is 0.442 e. The number of aryl methyl sites for hydroxylation is 1. The first-order valence-corrected chi connectivity index (χ1v) is 5.87. The second kappa shape index (κ2) is 5.44. The van der Waals surface area contributed by atoms with Gasteiger partial charge >= 0.3 is 18.9 Å². The number of nitrogens with zero attached hydrogens (tertiary/aromatic N) is 5. The third-order valence-corrected chi connectivity index (χ3v) is 3.06. The molecule has 2 aromatic heterocycles. The van der Waals surface area contributed by atoms with Crippen molar-refractivity contribution in [1.29, 1.82) is 0 Å². The molecule has 7 heteroatoms. The van der Waals surface area contributed by atoms with E-state index in [0.717, 1.165) is 16.1 Å². The summed E-state index contributed by atoms with van der Waals surface area (Å²) < 4.78 is 0. The van der Waals surface area contributed by atoms with Crippen molar-refractivity contribution in [3.8, 4) is 22.0 Å². The van der Waals surface area contributed by atoms with Crippen LogP contribution in [0, 0.1) is 6.20 Å². The van der Waals surface area contributed by atoms with Gasteiger partial charge in [0.2, 0.25) is 5.82 Å². The third-order valence-electron chi connectivity index (χ3n) is 2.29. The summed E-state index contributed by atoms with van der Waals surface area (Å²) in [5.41, 5.74) is 2.02. The fourth-order valence-corrected chi connectivity index (χ4v) is 2.08. The molecule has 0 aliphatic carbocycles. The molecule has 0 saturated heterocycles. The normalized spacial score (nSPS) is 10.1. The Hall–Kier alpha value is -1.48. The Bertz CT molecular complexity index is 617. The number of rotatable bonds is 2. The molecule has 0 spiro atoms. The van der Waals surface area contributed by atoms with Crippen molar-refractivity contribution in [2.24, 2.45) is 7.05 Å². The van der Waals surface area contributed by atoms with Crippen molar-refractivity contribution < 1.29 is 18.9 Å². The van der Waals surface area contributed by atoms with Gasteiger partial charge in [0, 0.05) is 5.56 Å². The molecule has 2 heterocycles. The van der Waals surface area contributed by atoms with E-state index < -0.39 is 0 Å². The van der Waals surface area contributed by atoms with E-state index >= 15 is 0 Å². The minimum atomic E-state index is 0. The zero-order valence-corrected chi connectivity index (χ0v) is 10.8. The summed E-state index contributed by atoms with van der Waals surface area (Å²) in [6.07, 6.45) is 2.81. The fraction of sp³-hybridized carbons (Fsp3) is 0.0909. The number of aromatic nitrogens is 5. The zero-order valence-electron chi connectivity index (χ0n) is 10.0. The van der Waals surface area contributed by atoms with Gasteiger partial charge in [0.05, 0.1) is 7.05 Å². The quantitative estimate of drug-likeness (QED) is 0.423. The molecule has 3 aromatic rings. The van der Waals surface area contributed by atoms with Crippen LogP contribution in [-0.4, -0.2) is 25.2 Å². The monoisotopic (exact) mass is 249 g/mol. The Morgan fingerprint density at radius 3 is 2.44 bits per heavy atom. The number of hydrogen-bond acceptors (Lipinski definition) is 5. The van der Waals surface area contributed by atoms with Crippen LogP contribution in [0.5, 0.6) is 0 Å². The predicted octanol–water partition coefficient (Wildman–Crippen LogP) is -1.20. The Morgan fingerprint density at radius 1 is 1.17 bits per heavy atom. The Morgan fingerprint density at radius 2 is 1.89 bits per heavy atom. The minimum Gasteiger partial charge on any atom is -0.442 e. The van der Waals surface area contributed by atoms with E-state index in [9.17, 15) is 0 Å². The number of hydrogen-bond donors (Lipinski definition) is 0. The molecule has 0 bridgehead atoms. The van der Waals surface area contributed by atoms with Crippen LogP contribution in [0.2, 0.25) is 0 Å². The molecule has 0 unspecified atom stereocenters. The molecule has 0 atom stereocenters. The summed E-state index contributed by atoms with van der Waals surface area (Å²) in [4.78, 5) is 5.58. The summed E-state index contributed by atoms with van der Waals surface area (Å²) in [5, 5.41) is 14.7. The molecule has 0 fully saturated rings. The standard InChI is InChI=1S/C11H8N5S.Li/c1-16-14-10(13-15-16)8-2-4-9(5-3-8)11-12-6-7-17-11;/h2-5,7H,1H3;/q-1;+1. The summed E-state index contributed by atoms with van der Waals surface area (Å²) in [6, 6.07) is 7.93. The topological polar surface area (TPSA) is 56.5 Å². The first kappa shape index (κ1) is 13.0. The van der Waals surface area contributed by atoms with Gasteiger partial charge in [0.15, 0.2) is 0 Å². The molecule has 3 rings (SSSR count). The van der Waals surface area contributed by atoms with E-state index in [1.165, 1.54) is 4.80 Å². The van der Waals surface area contributed by atoms with Crippen LogP contribution < -0.4 is 18.9 Å². The van der Waals surface area contributed by atoms with E-state index in [1.807, 2.05) is 29.6 Å². The molecule has 0 aliphatic rings. The van der Waals surface area contributed by atoms with E-state index in [0.29, 0.717) is 5.82 Å². The molecule has 18 heavy (non-hydrogen) atoms. The van der Waals surface area contributed by atoms with Crippen molar-refractivity contribution in [3.05, 3.63) is 35.8 Å². The van der Waals surface area contributed by atoms with Crippen LogP contribution in [-0.2, 0) is 7.05 Å². The molecule has 0 aliphatic heterocycles. The first-order chi connectivity index (χ1) is 8.33. The Balaban J connectivity index is 0.00000120. The summed E-state index contributed by atoms with van der Waals surface area (Å²) in [6.45, 7) is 0. The molecule has 1 aromatic carbocycles. The second-order valence-corrected chi connectivity index (χ2v) is 4.32. The average Bonchev–Trinajstić information content (AvgIpc) is 3.00. The fourth-order valence-electron chi connectivity index (χ4n) is 1.49. The third kappa shape index (κ3) is 2.51. The van der Waals surface area contributed by atoms with E-state index in [1.54, 1.807) is 18.4 Å². The maximum absolute atomic E-state index is 4.15. The van der Waals surface area contributed by atoms with Crippen LogP contribution in [0.4, 0.5) is 0 Å². The largest absolute Gasteiger partial charge is 1.00 e. The van der Waals surface area contributed by atoms with Crippen molar-refractivity contribution in [2.45, 2.75) is 0 Å². The maximum Gasteiger partial charge on any atom is 1.00 e. The van der Waals surface area contributed by atoms with Crippen molar-refractivity contribution >= 4 is 11.3 Å². The Kier molecular flexibility index (Phi) is 3.92. The number of tetrazole rings is 1. The van der Waals surface area contributed by atoms with Crippen molar-refractivity contribution in [1.82, 2.24) is 25.2 Å². The van der Waals surface area contributed by atoms with Gasteiger partial charge in [-0.05, 0) is 10.2 Å². The van der Waals surface area contributed by atoms with E-state index in [4.69, 9.17) is 0 Å². The first-order valence-electron chi connectivity index (χ1n) is 4.99. The number of thiazole rings is 1. The zero-order chi connectivity index (χ0) is 11.7. The van der Waals surface area contributed by atoms with Crippen molar-refractivity contribution in [2.75, 3.05) is 0 Å². The Labute approximate surface area is 120 Å². The van der Waals surface area contributed by atoms with Gasteiger partial charge < -0.3 is 4.98 Å². The summed E-state index contributed by atoms with van der Waals surface area (Å²) >= 11 is 1.57. The van der Waals surface area contributed by atoms with Crippen LogP contribution in [0.25, 0.3) is 22.0 Å². The van der Waals surface area contributed by atoms with Crippen LogP contribution >= 0.6 is 11.3 Å². The maximum atomic E-state index is 4.15. The van der Waals surface area contributed by atoms with Crippen LogP contribution in [0.1, 0.15) is 0 Å². The van der Waals surface area contributed by atoms with Gasteiger partial charge in [0.1, 0.15) is 0 Å². The molecular formula is C11H8LiN5S. The molecule has 0 amide bonds. The summed E-state index contributed by atoms with van der Waals surface area (Å²) in [7, 11) is 1.75. The molecule has 84 valence electrons. The van der Waals surface area contributed by atoms with E-state index in [2.05, 4.69) is 26.6 Å². The molecule has 0 radical (unpaired) electrons. The van der Waals surface area contributed by atoms with Gasteiger partial charge in [-0.1, -0.05) is 35.2 Å². The van der Waals surface area contributed by atoms with Gasteiger partial charge in [-0.3, -0.25) is 0 Å². The minimum absolute atomic E-state index is 0. The van der Waals surface area contributed by atoms with Gasteiger partial charge in [-0.15, -0.1) is 16.4 Å².